The van der Waals surface area contributed by atoms with Crippen molar-refractivity contribution < 1.29 is 27.6 Å². The molecule has 10 heteroatoms. The van der Waals surface area contributed by atoms with Crippen molar-refractivity contribution in [2.75, 3.05) is 13.7 Å². The third-order valence-corrected chi connectivity index (χ3v) is 3.65. The molecule has 2 rings (SSSR count). The van der Waals surface area contributed by atoms with Crippen LogP contribution < -0.4 is 14.8 Å². The zero-order chi connectivity index (χ0) is 20.7. The average Bonchev–Trinajstić information content (AvgIpc) is 2.65. The van der Waals surface area contributed by atoms with Crippen molar-refractivity contribution in [3.8, 4) is 17.6 Å². The van der Waals surface area contributed by atoms with Crippen LogP contribution in [0.15, 0.2) is 36.4 Å². The Morgan fingerprint density at radius 3 is 2.57 bits per heavy atom. The Morgan fingerprint density at radius 2 is 1.96 bits per heavy atom. The number of alkyl halides is 3. The predicted octanol–water partition coefficient (Wildman–Crippen LogP) is 3.71. The number of nitriles is 1. The molecule has 0 aliphatic carbocycles. The number of nitro groups is 1. The highest BCUT2D eigenvalue weighted by Crippen LogP contribution is 2.35. The van der Waals surface area contributed by atoms with E-state index < -0.39 is 23.4 Å². The molecule has 2 aromatic carbocycles. The topological polar surface area (TPSA) is 97.4 Å². The number of hydrogen-bond donors (Lipinski definition) is 1. The molecule has 0 aliphatic heterocycles. The monoisotopic (exact) mass is 395 g/mol. The molecule has 0 aliphatic rings. The van der Waals surface area contributed by atoms with Crippen LogP contribution in [-0.2, 0) is 13.1 Å². The maximum atomic E-state index is 12.4. The summed E-state index contributed by atoms with van der Waals surface area (Å²) >= 11 is 0. The Labute approximate surface area is 158 Å². The molecule has 2 aromatic rings. The Morgan fingerprint density at radius 1 is 1.21 bits per heavy atom. The third kappa shape index (κ3) is 5.85. The van der Waals surface area contributed by atoms with Gasteiger partial charge < -0.3 is 14.8 Å². The molecule has 7 nitrogen and oxygen atoms in total. The van der Waals surface area contributed by atoms with Crippen molar-refractivity contribution in [1.29, 1.82) is 5.26 Å². The number of hydrogen-bond acceptors (Lipinski definition) is 6. The highest BCUT2D eigenvalue weighted by molar-refractivity contribution is 5.54. The molecule has 0 saturated heterocycles. The van der Waals surface area contributed by atoms with Gasteiger partial charge in [-0.1, -0.05) is 12.1 Å². The van der Waals surface area contributed by atoms with E-state index in [0.717, 1.165) is 11.6 Å². The summed E-state index contributed by atoms with van der Waals surface area (Å²) in [5.41, 5.74) is 1.12. The lowest BCUT2D eigenvalue weighted by Gasteiger charge is -2.14. The van der Waals surface area contributed by atoms with Gasteiger partial charge in [-0.3, -0.25) is 10.1 Å². The van der Waals surface area contributed by atoms with E-state index in [0.29, 0.717) is 12.1 Å². The summed E-state index contributed by atoms with van der Waals surface area (Å²) < 4.78 is 46.7. The smallest absolute Gasteiger partial charge is 0.422 e. The minimum atomic E-state index is -4.59. The van der Waals surface area contributed by atoms with Crippen molar-refractivity contribution in [2.45, 2.75) is 19.3 Å². The Bertz CT molecular complexity index is 895. The highest BCUT2D eigenvalue weighted by atomic mass is 19.4. The molecular formula is C18H16F3N3O4. The van der Waals surface area contributed by atoms with Gasteiger partial charge in [-0.2, -0.15) is 18.4 Å². The van der Waals surface area contributed by atoms with Crippen LogP contribution in [0.3, 0.4) is 0 Å². The van der Waals surface area contributed by atoms with Gasteiger partial charge in [0, 0.05) is 18.7 Å². The van der Waals surface area contributed by atoms with Crippen LogP contribution in [0.5, 0.6) is 11.5 Å². The fourth-order valence-electron chi connectivity index (χ4n) is 2.43. The Balaban J connectivity index is 2.18. The summed E-state index contributed by atoms with van der Waals surface area (Å²) in [5.74, 6) is -0.407. The van der Waals surface area contributed by atoms with Gasteiger partial charge in [-0.15, -0.1) is 0 Å². The second-order valence-corrected chi connectivity index (χ2v) is 5.71. The lowest BCUT2D eigenvalue weighted by molar-refractivity contribution is -0.385. The Kier molecular flexibility index (Phi) is 6.79. The second kappa shape index (κ2) is 9.05. The molecule has 0 heterocycles. The first-order valence-corrected chi connectivity index (χ1v) is 7.98. The van der Waals surface area contributed by atoms with Gasteiger partial charge in [0.2, 0.25) is 0 Å². The van der Waals surface area contributed by atoms with Crippen molar-refractivity contribution >= 4 is 5.69 Å². The summed E-state index contributed by atoms with van der Waals surface area (Å²) in [5, 5.41) is 23.2. The van der Waals surface area contributed by atoms with E-state index in [4.69, 9.17) is 10.00 Å². The fourth-order valence-corrected chi connectivity index (χ4v) is 2.43. The molecule has 0 radical (unpaired) electrons. The molecule has 0 saturated carbocycles. The molecule has 0 amide bonds. The van der Waals surface area contributed by atoms with Crippen molar-refractivity contribution in [1.82, 2.24) is 5.32 Å². The van der Waals surface area contributed by atoms with E-state index in [1.54, 1.807) is 24.3 Å². The molecule has 1 N–H and O–H groups in total. The quantitative estimate of drug-likeness (QED) is 0.541. The lowest BCUT2D eigenvalue weighted by Crippen LogP contribution is -2.20. The van der Waals surface area contributed by atoms with E-state index in [-0.39, 0.29) is 23.6 Å². The van der Waals surface area contributed by atoms with E-state index >= 15 is 0 Å². The Hall–Kier alpha value is -3.32. The average molecular weight is 395 g/mol. The van der Waals surface area contributed by atoms with E-state index in [1.807, 2.05) is 6.07 Å². The molecule has 28 heavy (non-hydrogen) atoms. The van der Waals surface area contributed by atoms with Gasteiger partial charge >= 0.3 is 6.18 Å². The maximum absolute atomic E-state index is 12.4. The van der Waals surface area contributed by atoms with E-state index in [9.17, 15) is 23.3 Å². The van der Waals surface area contributed by atoms with Crippen LogP contribution in [0.2, 0.25) is 0 Å². The number of nitro benzene ring substituents is 1. The SMILES string of the molecule is COc1cc(CNCc2cccc(C#N)c2)c([N+](=O)[O-])cc1OCC(F)(F)F. The first kappa shape index (κ1) is 21.0. The van der Waals surface area contributed by atoms with Crippen molar-refractivity contribution in [2.24, 2.45) is 0 Å². The third-order valence-electron chi connectivity index (χ3n) is 3.65. The van der Waals surface area contributed by atoms with Crippen LogP contribution in [0.4, 0.5) is 18.9 Å². The van der Waals surface area contributed by atoms with Gasteiger partial charge in [-0.05, 0) is 23.8 Å². The largest absolute Gasteiger partial charge is 0.493 e. The van der Waals surface area contributed by atoms with E-state index in [1.165, 1.54) is 13.2 Å². The molecule has 148 valence electrons. The first-order chi connectivity index (χ1) is 13.2. The molecular weight excluding hydrogens is 379 g/mol. The lowest BCUT2D eigenvalue weighted by atomic mass is 10.1. The van der Waals surface area contributed by atoms with Gasteiger partial charge in [0.1, 0.15) is 0 Å². The number of halogens is 3. The molecule has 0 fully saturated rings. The van der Waals surface area contributed by atoms with Crippen molar-refractivity contribution in [3.63, 3.8) is 0 Å². The van der Waals surface area contributed by atoms with Crippen LogP contribution in [0.1, 0.15) is 16.7 Å². The predicted molar refractivity (Wildman–Crippen MR) is 92.9 cm³/mol. The zero-order valence-corrected chi connectivity index (χ0v) is 14.7. The minimum absolute atomic E-state index is 0.0434. The van der Waals surface area contributed by atoms with Crippen molar-refractivity contribution in [3.05, 3.63) is 63.2 Å². The zero-order valence-electron chi connectivity index (χ0n) is 14.7. The number of benzene rings is 2. The van der Waals surface area contributed by atoms with E-state index in [2.05, 4.69) is 10.1 Å². The summed E-state index contributed by atoms with van der Waals surface area (Å²) in [6.07, 6.45) is -4.59. The van der Waals surface area contributed by atoms with Gasteiger partial charge in [0.15, 0.2) is 18.1 Å². The van der Waals surface area contributed by atoms with Gasteiger partial charge in [-0.25, -0.2) is 0 Å². The highest BCUT2D eigenvalue weighted by Gasteiger charge is 2.30. The number of nitrogens with zero attached hydrogens (tertiary/aromatic N) is 2. The van der Waals surface area contributed by atoms with Crippen LogP contribution in [0, 0.1) is 21.4 Å². The maximum Gasteiger partial charge on any atom is 0.422 e. The normalized spacial score (nSPS) is 11.0. The van der Waals surface area contributed by atoms with Gasteiger partial charge in [0.25, 0.3) is 5.69 Å². The van der Waals surface area contributed by atoms with Crippen LogP contribution >= 0.6 is 0 Å². The second-order valence-electron chi connectivity index (χ2n) is 5.71. The van der Waals surface area contributed by atoms with Crippen LogP contribution in [-0.4, -0.2) is 24.8 Å². The molecule has 0 spiro atoms. The molecule has 0 unspecified atom stereocenters. The summed E-state index contributed by atoms with van der Waals surface area (Å²) in [6, 6.07) is 11.0. The molecule has 0 aromatic heterocycles. The number of methoxy groups -OCH3 is 1. The minimum Gasteiger partial charge on any atom is -0.493 e. The first-order valence-electron chi connectivity index (χ1n) is 7.98. The molecule has 0 bridgehead atoms. The number of ether oxygens (including phenoxy) is 2. The molecule has 0 atom stereocenters. The number of rotatable bonds is 8. The number of nitrogens with one attached hydrogen (secondary N) is 1. The standard InChI is InChI=1S/C18H16F3N3O4/c1-27-16-6-14(10-23-9-13-4-2-3-12(5-13)8-22)15(24(25)26)7-17(16)28-11-18(19,20)21/h2-7,23H,9-11H2,1H3. The van der Waals surface area contributed by atoms with Gasteiger partial charge in [0.05, 0.1) is 29.7 Å². The fraction of sp³-hybridized carbons (Fsp3) is 0.278. The summed E-state index contributed by atoms with van der Waals surface area (Å²) in [6.45, 7) is -1.20. The summed E-state index contributed by atoms with van der Waals surface area (Å²) in [4.78, 5) is 10.6. The summed E-state index contributed by atoms with van der Waals surface area (Å²) in [7, 11) is 1.23. The van der Waals surface area contributed by atoms with Crippen LogP contribution in [0.25, 0.3) is 0 Å².